The fraction of sp³-hybridized carbons (Fsp3) is 0. The molecule has 0 radical (unpaired) electrons. The van der Waals surface area contributed by atoms with Gasteiger partial charge in [0, 0.05) is 6.07 Å². The van der Waals surface area contributed by atoms with E-state index in [2.05, 4.69) is 0 Å². The Kier molecular flexibility index (Phi) is 4.42. The van der Waals surface area contributed by atoms with Gasteiger partial charge >= 0.3 is 0 Å². The highest BCUT2D eigenvalue weighted by molar-refractivity contribution is 6.08. The van der Waals surface area contributed by atoms with Gasteiger partial charge in [0.05, 0.1) is 5.56 Å². The van der Waals surface area contributed by atoms with E-state index in [0.717, 1.165) is 12.1 Å². The van der Waals surface area contributed by atoms with Crippen LogP contribution >= 0.6 is 0 Å². The Morgan fingerprint density at radius 2 is 2.13 bits per heavy atom. The number of amides is 1. The zero-order valence-corrected chi connectivity index (χ0v) is 11.6. The minimum Gasteiger partial charge on any atom is -0.507 e. The van der Waals surface area contributed by atoms with E-state index >= 15 is 0 Å². The van der Waals surface area contributed by atoms with Gasteiger partial charge in [0.1, 0.15) is 28.9 Å². The number of hydrogen-bond donors (Lipinski definition) is 4. The first-order valence-electron chi connectivity index (χ1n) is 6.27. The highest BCUT2D eigenvalue weighted by atomic mass is 19.1. The molecular weight excluding hydrogens is 303 g/mol. The topological polar surface area (TPSA) is 132 Å². The van der Waals surface area contributed by atoms with E-state index in [1.807, 2.05) is 11.4 Å². The average Bonchev–Trinajstić information content (AvgIpc) is 2.46. The summed E-state index contributed by atoms with van der Waals surface area (Å²) >= 11 is 0. The normalized spacial score (nSPS) is 9.74. The lowest BCUT2D eigenvalue weighted by atomic mass is 10.1. The molecule has 116 valence electrons. The summed E-state index contributed by atoms with van der Waals surface area (Å²) in [6.07, 6.45) is 0. The van der Waals surface area contributed by atoms with Crippen molar-refractivity contribution in [2.75, 3.05) is 0 Å². The molecule has 2 aromatic carbocycles. The lowest BCUT2D eigenvalue weighted by Crippen LogP contribution is -2.35. The van der Waals surface area contributed by atoms with Gasteiger partial charge in [-0.15, -0.1) is 0 Å². The summed E-state index contributed by atoms with van der Waals surface area (Å²) in [5.74, 6) is -2.86. The Morgan fingerprint density at radius 1 is 1.39 bits per heavy atom. The summed E-state index contributed by atoms with van der Waals surface area (Å²) in [4.78, 5) is 12.1. The minimum atomic E-state index is -0.932. The third-order valence-electron chi connectivity index (χ3n) is 2.75. The number of guanidine groups is 1. The molecule has 0 bridgehead atoms. The largest absolute Gasteiger partial charge is 0.507 e. The molecule has 0 aromatic heterocycles. The maximum absolute atomic E-state index is 13.2. The summed E-state index contributed by atoms with van der Waals surface area (Å²) in [5.41, 5.74) is 4.65. The monoisotopic (exact) mass is 314 g/mol. The van der Waals surface area contributed by atoms with Gasteiger partial charge in [0.25, 0.3) is 5.91 Å². The third kappa shape index (κ3) is 3.54. The molecule has 7 nitrogen and oxygen atoms in total. The summed E-state index contributed by atoms with van der Waals surface area (Å²) in [6, 6.07) is 9.24. The second-order valence-electron chi connectivity index (χ2n) is 4.38. The van der Waals surface area contributed by atoms with Crippen LogP contribution in [-0.4, -0.2) is 17.0 Å². The van der Waals surface area contributed by atoms with Crippen molar-refractivity contribution in [3.05, 3.63) is 53.3 Å². The number of phenolic OH excluding ortho intramolecular Hbond substituents is 1. The van der Waals surface area contributed by atoms with E-state index in [4.69, 9.17) is 21.1 Å². The van der Waals surface area contributed by atoms with E-state index in [-0.39, 0.29) is 22.6 Å². The van der Waals surface area contributed by atoms with Crippen LogP contribution in [0, 0.1) is 22.6 Å². The fourth-order valence-corrected chi connectivity index (χ4v) is 1.82. The maximum atomic E-state index is 13.2. The number of nitrogens with two attached hydrogens (primary N) is 1. The van der Waals surface area contributed by atoms with Crippen LogP contribution in [0.1, 0.15) is 15.9 Å². The molecule has 0 fully saturated rings. The molecule has 2 rings (SSSR count). The van der Waals surface area contributed by atoms with E-state index in [1.165, 1.54) is 24.3 Å². The molecule has 1 amide bonds. The van der Waals surface area contributed by atoms with E-state index in [0.29, 0.717) is 0 Å². The van der Waals surface area contributed by atoms with Gasteiger partial charge in [-0.3, -0.25) is 15.5 Å². The average molecular weight is 314 g/mol. The van der Waals surface area contributed by atoms with Crippen molar-refractivity contribution in [2.24, 2.45) is 5.73 Å². The molecule has 23 heavy (non-hydrogen) atoms. The van der Waals surface area contributed by atoms with Gasteiger partial charge in [-0.25, -0.2) is 4.39 Å². The van der Waals surface area contributed by atoms with E-state index < -0.39 is 23.4 Å². The molecule has 0 atom stereocenters. The fourth-order valence-electron chi connectivity index (χ4n) is 1.82. The number of nitrogens with one attached hydrogen (secondary N) is 2. The Balaban J connectivity index is 2.55. The second kappa shape index (κ2) is 6.44. The van der Waals surface area contributed by atoms with Crippen molar-refractivity contribution in [2.45, 2.75) is 0 Å². The molecule has 0 aliphatic heterocycles. The summed E-state index contributed by atoms with van der Waals surface area (Å²) < 4.78 is 18.6. The number of nitrogens with zero attached hydrogens (tertiary/aromatic N) is 1. The van der Waals surface area contributed by atoms with Crippen LogP contribution in [0.3, 0.4) is 0 Å². The first-order valence-corrected chi connectivity index (χ1v) is 6.27. The number of halogens is 1. The zero-order chi connectivity index (χ0) is 17.0. The van der Waals surface area contributed by atoms with Crippen molar-refractivity contribution >= 4 is 11.9 Å². The van der Waals surface area contributed by atoms with Gasteiger partial charge < -0.3 is 15.6 Å². The number of benzene rings is 2. The Bertz CT molecular complexity index is 830. The molecule has 0 spiro atoms. The van der Waals surface area contributed by atoms with Crippen LogP contribution in [0.2, 0.25) is 0 Å². The number of phenols is 1. The number of carbonyl (C=O) groups is 1. The summed E-state index contributed by atoms with van der Waals surface area (Å²) in [6.45, 7) is 0. The predicted octanol–water partition coefficient (Wildman–Crippen LogP) is 1.82. The van der Waals surface area contributed by atoms with E-state index in [1.54, 1.807) is 0 Å². The first kappa shape index (κ1) is 15.8. The summed E-state index contributed by atoms with van der Waals surface area (Å²) in [5, 5.41) is 28.1. The standard InChI is InChI=1S/C15H11FN4O3/c16-9-2-1-3-10(6-9)23-13-8(7-17)4-5-11(21)12(13)14(22)20-15(18)19/h1-6,21H,(H4,18,19,20,22). The number of carbonyl (C=O) groups excluding carboxylic acids is 1. The molecule has 8 heteroatoms. The Labute approximate surface area is 130 Å². The molecule has 0 saturated heterocycles. The molecule has 0 unspecified atom stereocenters. The van der Waals surface area contributed by atoms with Crippen LogP contribution in [0.5, 0.6) is 17.2 Å². The van der Waals surface area contributed by atoms with Crippen molar-refractivity contribution in [1.29, 1.82) is 10.7 Å². The van der Waals surface area contributed by atoms with Crippen molar-refractivity contribution in [3.63, 3.8) is 0 Å². The highest BCUT2D eigenvalue weighted by Gasteiger charge is 2.22. The molecule has 5 N–H and O–H groups in total. The van der Waals surface area contributed by atoms with Gasteiger partial charge in [0.15, 0.2) is 11.7 Å². The first-order chi connectivity index (χ1) is 10.9. The van der Waals surface area contributed by atoms with Crippen LogP contribution in [0.25, 0.3) is 0 Å². The third-order valence-corrected chi connectivity index (χ3v) is 2.75. The second-order valence-corrected chi connectivity index (χ2v) is 4.38. The molecular formula is C15H11FN4O3. The van der Waals surface area contributed by atoms with E-state index in [9.17, 15) is 14.3 Å². The predicted molar refractivity (Wildman–Crippen MR) is 78.7 cm³/mol. The smallest absolute Gasteiger partial charge is 0.265 e. The number of rotatable bonds is 3. The lowest BCUT2D eigenvalue weighted by molar-refractivity contribution is 0.0971. The van der Waals surface area contributed by atoms with Crippen molar-refractivity contribution in [3.8, 4) is 23.3 Å². The molecule has 2 aromatic rings. The Hall–Kier alpha value is -3.60. The van der Waals surface area contributed by atoms with Crippen LogP contribution in [0.4, 0.5) is 4.39 Å². The van der Waals surface area contributed by atoms with Gasteiger partial charge in [-0.05, 0) is 24.3 Å². The van der Waals surface area contributed by atoms with Crippen LogP contribution in [-0.2, 0) is 0 Å². The van der Waals surface area contributed by atoms with Gasteiger partial charge in [-0.1, -0.05) is 6.07 Å². The van der Waals surface area contributed by atoms with Crippen molar-refractivity contribution < 1.29 is 19.0 Å². The number of ether oxygens (including phenoxy) is 1. The number of hydrogen-bond acceptors (Lipinski definition) is 5. The number of aromatic hydroxyl groups is 1. The number of nitriles is 1. The lowest BCUT2D eigenvalue weighted by Gasteiger charge is -2.14. The molecule has 0 aliphatic rings. The van der Waals surface area contributed by atoms with Crippen LogP contribution in [0.15, 0.2) is 36.4 Å². The SMILES string of the molecule is N#Cc1ccc(O)c(C(=O)NC(=N)N)c1Oc1cccc(F)c1. The minimum absolute atomic E-state index is 0.0315. The van der Waals surface area contributed by atoms with Gasteiger partial charge in [0.2, 0.25) is 0 Å². The highest BCUT2D eigenvalue weighted by Crippen LogP contribution is 2.34. The molecule has 0 heterocycles. The Morgan fingerprint density at radius 3 is 2.74 bits per heavy atom. The zero-order valence-electron chi connectivity index (χ0n) is 11.6. The van der Waals surface area contributed by atoms with Gasteiger partial charge in [-0.2, -0.15) is 5.26 Å². The van der Waals surface area contributed by atoms with Crippen molar-refractivity contribution in [1.82, 2.24) is 5.32 Å². The summed E-state index contributed by atoms with van der Waals surface area (Å²) in [7, 11) is 0. The van der Waals surface area contributed by atoms with Crippen LogP contribution < -0.4 is 15.8 Å². The molecule has 0 saturated carbocycles. The molecule has 0 aliphatic carbocycles. The quantitative estimate of drug-likeness (QED) is 0.506. The maximum Gasteiger partial charge on any atom is 0.265 e.